The van der Waals surface area contributed by atoms with E-state index in [0.29, 0.717) is 13.0 Å². The number of amides is 1. The van der Waals surface area contributed by atoms with Gasteiger partial charge in [-0.1, -0.05) is 24.6 Å². The Morgan fingerprint density at radius 1 is 1.38 bits per heavy atom. The van der Waals surface area contributed by atoms with Crippen molar-refractivity contribution in [1.29, 1.82) is 0 Å². The molecule has 0 aliphatic rings. The van der Waals surface area contributed by atoms with Crippen LogP contribution in [0.25, 0.3) is 0 Å². The largest absolute Gasteiger partial charge is 0.313 e. The average molecular weight is 218 g/mol. The molecule has 1 unspecified atom stereocenters. The monoisotopic (exact) mass is 218 g/mol. The Hall–Kier alpha value is -1.31. The summed E-state index contributed by atoms with van der Waals surface area (Å²) < 4.78 is 0. The van der Waals surface area contributed by atoms with Crippen LogP contribution in [0.4, 0.5) is 5.69 Å². The molecule has 2 nitrogen and oxygen atoms in total. The summed E-state index contributed by atoms with van der Waals surface area (Å²) in [5, 5.41) is 0. The average Bonchev–Trinajstić information content (AvgIpc) is 2.21. The third-order valence-corrected chi connectivity index (χ3v) is 2.49. The fourth-order valence-electron chi connectivity index (χ4n) is 1.64. The first kappa shape index (κ1) is 12.8. The van der Waals surface area contributed by atoms with Gasteiger partial charge in [0.05, 0.1) is 0 Å². The van der Waals surface area contributed by atoms with Crippen LogP contribution in [-0.4, -0.2) is 12.5 Å². The minimum absolute atomic E-state index is 0.147. The van der Waals surface area contributed by atoms with Crippen molar-refractivity contribution in [2.75, 3.05) is 11.4 Å². The molecule has 1 radical (unpaired) electrons. The first-order chi connectivity index (χ1) is 7.54. The molecule has 0 N–H and O–H groups in total. The molecule has 1 atom stereocenters. The van der Waals surface area contributed by atoms with E-state index in [0.717, 1.165) is 5.69 Å². The quantitative estimate of drug-likeness (QED) is 0.760. The van der Waals surface area contributed by atoms with Crippen molar-refractivity contribution < 1.29 is 4.79 Å². The molecule has 0 heterocycles. The summed E-state index contributed by atoms with van der Waals surface area (Å²) in [6, 6.07) is 8.03. The Labute approximate surface area is 98.3 Å². The van der Waals surface area contributed by atoms with Gasteiger partial charge < -0.3 is 4.90 Å². The van der Waals surface area contributed by atoms with Crippen LogP contribution in [0.3, 0.4) is 0 Å². The highest BCUT2D eigenvalue weighted by Crippen LogP contribution is 2.17. The standard InChI is InChI=1S/C14H20NO/c1-5-15(14(16)10-11(2)3)13-8-6-12(4)7-9-13/h6-9,11H,2,5,10H2,1,3-4H3. The van der Waals surface area contributed by atoms with Gasteiger partial charge in [-0.05, 0) is 38.8 Å². The summed E-state index contributed by atoms with van der Waals surface area (Å²) in [5.74, 6) is 0.306. The molecule has 16 heavy (non-hydrogen) atoms. The molecule has 1 aromatic rings. The lowest BCUT2D eigenvalue weighted by molar-refractivity contribution is -0.119. The lowest BCUT2D eigenvalue weighted by Gasteiger charge is -2.22. The first-order valence-electron chi connectivity index (χ1n) is 5.74. The highest BCUT2D eigenvalue weighted by molar-refractivity contribution is 5.93. The van der Waals surface area contributed by atoms with Crippen molar-refractivity contribution in [2.45, 2.75) is 27.2 Å². The number of hydrogen-bond donors (Lipinski definition) is 0. The van der Waals surface area contributed by atoms with E-state index in [4.69, 9.17) is 0 Å². The molecular formula is C14H20NO. The van der Waals surface area contributed by atoms with E-state index in [2.05, 4.69) is 6.92 Å². The van der Waals surface area contributed by atoms with E-state index in [-0.39, 0.29) is 11.8 Å². The number of nitrogens with zero attached hydrogens (tertiary/aromatic N) is 1. The van der Waals surface area contributed by atoms with Gasteiger partial charge in [0.15, 0.2) is 0 Å². The number of carbonyl (C=O) groups excluding carboxylic acids is 1. The Morgan fingerprint density at radius 2 is 1.94 bits per heavy atom. The van der Waals surface area contributed by atoms with Crippen LogP contribution in [0.15, 0.2) is 24.3 Å². The summed E-state index contributed by atoms with van der Waals surface area (Å²) in [7, 11) is 0. The topological polar surface area (TPSA) is 20.3 Å². The van der Waals surface area contributed by atoms with E-state index in [1.807, 2.05) is 45.0 Å². The zero-order chi connectivity index (χ0) is 12.1. The van der Waals surface area contributed by atoms with Crippen LogP contribution in [0.2, 0.25) is 0 Å². The molecule has 87 valence electrons. The van der Waals surface area contributed by atoms with Crippen LogP contribution in [0, 0.1) is 19.8 Å². The minimum Gasteiger partial charge on any atom is -0.313 e. The van der Waals surface area contributed by atoms with Crippen molar-refractivity contribution in [3.8, 4) is 0 Å². The van der Waals surface area contributed by atoms with Gasteiger partial charge in [0.2, 0.25) is 5.91 Å². The summed E-state index contributed by atoms with van der Waals surface area (Å²) in [4.78, 5) is 13.8. The summed E-state index contributed by atoms with van der Waals surface area (Å²) in [5.41, 5.74) is 2.18. The zero-order valence-corrected chi connectivity index (χ0v) is 10.4. The normalized spacial score (nSPS) is 10.6. The van der Waals surface area contributed by atoms with Crippen LogP contribution in [0.1, 0.15) is 25.8 Å². The molecule has 0 saturated heterocycles. The molecule has 2 heteroatoms. The van der Waals surface area contributed by atoms with Gasteiger partial charge in [0.1, 0.15) is 0 Å². The third kappa shape index (κ3) is 3.37. The molecule has 0 fully saturated rings. The second kappa shape index (κ2) is 5.69. The van der Waals surface area contributed by atoms with Gasteiger partial charge in [-0.15, -0.1) is 0 Å². The van der Waals surface area contributed by atoms with Crippen LogP contribution in [0.5, 0.6) is 0 Å². The second-order valence-electron chi connectivity index (χ2n) is 4.28. The van der Waals surface area contributed by atoms with E-state index in [1.165, 1.54) is 5.56 Å². The summed E-state index contributed by atoms with van der Waals surface area (Å²) in [6.07, 6.45) is 0.502. The number of hydrogen-bond acceptors (Lipinski definition) is 1. The van der Waals surface area contributed by atoms with Crippen molar-refractivity contribution >= 4 is 11.6 Å². The van der Waals surface area contributed by atoms with Crippen molar-refractivity contribution in [3.05, 3.63) is 36.8 Å². The van der Waals surface area contributed by atoms with Crippen LogP contribution in [-0.2, 0) is 4.79 Å². The molecule has 0 aromatic heterocycles. The Bertz CT molecular complexity index is 340. The second-order valence-corrected chi connectivity index (χ2v) is 4.28. The third-order valence-electron chi connectivity index (χ3n) is 2.49. The Balaban J connectivity index is 2.81. The summed E-state index contributed by atoms with van der Waals surface area (Å²) >= 11 is 0. The number of benzene rings is 1. The molecule has 1 rings (SSSR count). The molecule has 1 aromatic carbocycles. The first-order valence-corrected chi connectivity index (χ1v) is 5.74. The Kier molecular flexibility index (Phi) is 4.53. The van der Waals surface area contributed by atoms with Gasteiger partial charge in [-0.3, -0.25) is 4.79 Å². The van der Waals surface area contributed by atoms with Gasteiger partial charge >= 0.3 is 0 Å². The van der Waals surface area contributed by atoms with E-state index >= 15 is 0 Å². The SMILES string of the molecule is [CH2]C(C)CC(=O)N(CC)c1ccc(C)cc1. The number of anilines is 1. The van der Waals surface area contributed by atoms with E-state index in [9.17, 15) is 4.79 Å². The highest BCUT2D eigenvalue weighted by atomic mass is 16.2. The van der Waals surface area contributed by atoms with Gasteiger partial charge in [0, 0.05) is 18.7 Å². The molecule has 0 spiro atoms. The van der Waals surface area contributed by atoms with Gasteiger partial charge in [0.25, 0.3) is 0 Å². The van der Waals surface area contributed by atoms with Gasteiger partial charge in [-0.2, -0.15) is 0 Å². The molecule has 0 aliphatic carbocycles. The molecule has 1 amide bonds. The zero-order valence-electron chi connectivity index (χ0n) is 10.4. The molecule has 0 aliphatic heterocycles. The molecular weight excluding hydrogens is 198 g/mol. The Morgan fingerprint density at radius 3 is 2.38 bits per heavy atom. The van der Waals surface area contributed by atoms with Crippen LogP contribution < -0.4 is 4.90 Å². The summed E-state index contributed by atoms with van der Waals surface area (Å²) in [6.45, 7) is 10.6. The minimum atomic E-state index is 0.147. The smallest absolute Gasteiger partial charge is 0.227 e. The number of aryl methyl sites for hydroxylation is 1. The highest BCUT2D eigenvalue weighted by Gasteiger charge is 2.14. The maximum atomic E-state index is 12.0. The maximum Gasteiger partial charge on any atom is 0.227 e. The van der Waals surface area contributed by atoms with Crippen LogP contribution >= 0.6 is 0 Å². The predicted octanol–water partition coefficient (Wildman–Crippen LogP) is 3.21. The fourth-order valence-corrected chi connectivity index (χ4v) is 1.64. The van der Waals surface area contributed by atoms with Crippen molar-refractivity contribution in [2.24, 2.45) is 5.92 Å². The predicted molar refractivity (Wildman–Crippen MR) is 68.3 cm³/mol. The number of carbonyl (C=O) groups is 1. The maximum absolute atomic E-state index is 12.0. The van der Waals surface area contributed by atoms with Crippen molar-refractivity contribution in [3.63, 3.8) is 0 Å². The lowest BCUT2D eigenvalue weighted by atomic mass is 10.1. The fraction of sp³-hybridized carbons (Fsp3) is 0.429. The number of rotatable bonds is 4. The lowest BCUT2D eigenvalue weighted by Crippen LogP contribution is -2.31. The molecule has 0 saturated carbocycles. The van der Waals surface area contributed by atoms with Gasteiger partial charge in [-0.25, -0.2) is 0 Å². The van der Waals surface area contributed by atoms with E-state index in [1.54, 1.807) is 4.90 Å². The molecule has 0 bridgehead atoms. The van der Waals surface area contributed by atoms with Crippen molar-refractivity contribution in [1.82, 2.24) is 0 Å². The van der Waals surface area contributed by atoms with E-state index < -0.39 is 0 Å².